The second-order valence-corrected chi connectivity index (χ2v) is 7.66. The molecule has 0 spiro atoms. The van der Waals surface area contributed by atoms with E-state index in [2.05, 4.69) is 16.2 Å². The van der Waals surface area contributed by atoms with Crippen molar-refractivity contribution in [2.45, 2.75) is 38.5 Å². The SMILES string of the molecule is N#Cc1ccc(NCC(=O)NNC(=O)c2cc3c(s2)CCCCCC3)cc1. The van der Waals surface area contributed by atoms with Crippen LogP contribution in [0, 0.1) is 11.3 Å². The number of thiophene rings is 1. The van der Waals surface area contributed by atoms with Crippen LogP contribution < -0.4 is 16.2 Å². The first-order valence-corrected chi connectivity index (χ1v) is 9.92. The van der Waals surface area contributed by atoms with E-state index >= 15 is 0 Å². The smallest absolute Gasteiger partial charge is 0.279 e. The van der Waals surface area contributed by atoms with Gasteiger partial charge in [-0.3, -0.25) is 20.4 Å². The highest BCUT2D eigenvalue weighted by atomic mass is 32.1. The minimum absolute atomic E-state index is 0.0210. The Balaban J connectivity index is 1.47. The van der Waals surface area contributed by atoms with Crippen molar-refractivity contribution in [3.05, 3.63) is 51.2 Å². The number of fused-ring (bicyclic) bond motifs is 1. The highest BCUT2D eigenvalue weighted by Gasteiger charge is 2.16. The molecule has 0 saturated heterocycles. The van der Waals surface area contributed by atoms with Gasteiger partial charge in [-0.15, -0.1) is 11.3 Å². The predicted molar refractivity (Wildman–Crippen MR) is 105 cm³/mol. The van der Waals surface area contributed by atoms with Crippen molar-refractivity contribution >= 4 is 28.8 Å². The van der Waals surface area contributed by atoms with Gasteiger partial charge < -0.3 is 5.32 Å². The van der Waals surface area contributed by atoms with Gasteiger partial charge in [0.2, 0.25) is 0 Å². The van der Waals surface area contributed by atoms with Crippen LogP contribution >= 0.6 is 11.3 Å². The fraction of sp³-hybridized carbons (Fsp3) is 0.350. The number of nitrogens with one attached hydrogen (secondary N) is 3. The van der Waals surface area contributed by atoms with Gasteiger partial charge in [-0.05, 0) is 61.6 Å². The lowest BCUT2D eigenvalue weighted by Gasteiger charge is -2.08. The molecule has 2 aromatic rings. The number of anilines is 1. The molecule has 7 heteroatoms. The average molecular weight is 382 g/mol. The lowest BCUT2D eigenvalue weighted by molar-refractivity contribution is -0.120. The molecule has 0 atom stereocenters. The van der Waals surface area contributed by atoms with Crippen molar-refractivity contribution in [2.24, 2.45) is 0 Å². The van der Waals surface area contributed by atoms with Crippen molar-refractivity contribution in [3.8, 4) is 6.07 Å². The zero-order valence-electron chi connectivity index (χ0n) is 15.0. The molecule has 0 fully saturated rings. The molecule has 1 aliphatic carbocycles. The Morgan fingerprint density at radius 1 is 1.04 bits per heavy atom. The molecule has 1 heterocycles. The van der Waals surface area contributed by atoms with Crippen LogP contribution in [0.4, 0.5) is 5.69 Å². The molecule has 1 aliphatic rings. The molecule has 0 aliphatic heterocycles. The number of hydrazine groups is 1. The topological polar surface area (TPSA) is 94.0 Å². The maximum atomic E-state index is 12.3. The fourth-order valence-corrected chi connectivity index (χ4v) is 4.18. The van der Waals surface area contributed by atoms with Crippen LogP contribution in [0.1, 0.15) is 51.4 Å². The van der Waals surface area contributed by atoms with Gasteiger partial charge >= 0.3 is 0 Å². The second kappa shape index (κ2) is 9.19. The average Bonchev–Trinajstić information content (AvgIpc) is 3.07. The molecule has 6 nitrogen and oxygen atoms in total. The number of hydrogen-bond acceptors (Lipinski definition) is 5. The Labute approximate surface area is 162 Å². The van der Waals surface area contributed by atoms with Gasteiger partial charge in [0.15, 0.2) is 0 Å². The summed E-state index contributed by atoms with van der Waals surface area (Å²) in [6.45, 7) is 0.0210. The molecule has 1 aromatic heterocycles. The Morgan fingerprint density at radius 2 is 1.78 bits per heavy atom. The third kappa shape index (κ3) is 5.31. The van der Waals surface area contributed by atoms with E-state index in [1.165, 1.54) is 47.5 Å². The summed E-state index contributed by atoms with van der Waals surface area (Å²) in [6.07, 6.45) is 6.91. The second-order valence-electron chi connectivity index (χ2n) is 6.52. The van der Waals surface area contributed by atoms with Crippen molar-refractivity contribution in [3.63, 3.8) is 0 Å². The minimum Gasteiger partial charge on any atom is -0.376 e. The van der Waals surface area contributed by atoms with E-state index in [4.69, 9.17) is 5.26 Å². The van der Waals surface area contributed by atoms with E-state index in [0.717, 1.165) is 18.5 Å². The van der Waals surface area contributed by atoms with E-state index in [-0.39, 0.29) is 18.4 Å². The van der Waals surface area contributed by atoms with Crippen molar-refractivity contribution in [1.29, 1.82) is 5.26 Å². The third-order valence-corrected chi connectivity index (χ3v) is 5.74. The first kappa shape index (κ1) is 18.9. The van der Waals surface area contributed by atoms with E-state index < -0.39 is 0 Å². The normalized spacial score (nSPS) is 13.4. The maximum Gasteiger partial charge on any atom is 0.279 e. The Kier molecular flexibility index (Phi) is 6.44. The fourth-order valence-electron chi connectivity index (χ4n) is 3.03. The number of aryl methyl sites for hydroxylation is 2. The first-order chi connectivity index (χ1) is 13.2. The molecule has 0 bridgehead atoms. The van der Waals surface area contributed by atoms with Crippen LogP contribution in [0.3, 0.4) is 0 Å². The first-order valence-electron chi connectivity index (χ1n) is 9.10. The summed E-state index contributed by atoms with van der Waals surface area (Å²) in [5, 5.41) is 11.7. The van der Waals surface area contributed by atoms with Crippen molar-refractivity contribution in [2.75, 3.05) is 11.9 Å². The molecule has 140 valence electrons. The minimum atomic E-state index is -0.345. The van der Waals surface area contributed by atoms with Crippen molar-refractivity contribution in [1.82, 2.24) is 10.9 Å². The molecular formula is C20H22N4O2S. The zero-order valence-corrected chi connectivity index (χ0v) is 15.8. The summed E-state index contributed by atoms with van der Waals surface area (Å²) in [6, 6.07) is 10.8. The number of carbonyl (C=O) groups excluding carboxylic acids is 2. The molecular weight excluding hydrogens is 360 g/mol. The Morgan fingerprint density at radius 3 is 2.52 bits per heavy atom. The van der Waals surface area contributed by atoms with E-state index in [9.17, 15) is 9.59 Å². The summed E-state index contributed by atoms with van der Waals surface area (Å²) >= 11 is 1.53. The molecule has 3 N–H and O–H groups in total. The highest BCUT2D eigenvalue weighted by molar-refractivity contribution is 7.14. The van der Waals surface area contributed by atoms with Gasteiger partial charge in [0.05, 0.1) is 23.1 Å². The lowest BCUT2D eigenvalue weighted by Crippen LogP contribution is -2.43. The number of carbonyl (C=O) groups is 2. The van der Waals surface area contributed by atoms with Gasteiger partial charge in [0.25, 0.3) is 11.8 Å². The van der Waals surface area contributed by atoms with E-state index in [1.54, 1.807) is 24.3 Å². The summed E-state index contributed by atoms with van der Waals surface area (Å²) < 4.78 is 0. The molecule has 3 rings (SSSR count). The van der Waals surface area contributed by atoms with Gasteiger partial charge in [0, 0.05) is 10.6 Å². The third-order valence-electron chi connectivity index (χ3n) is 4.50. The van der Waals surface area contributed by atoms with Crippen LogP contribution in [0.25, 0.3) is 0 Å². The standard InChI is InChI=1S/C20H22N4O2S/c21-12-14-7-9-16(10-8-14)22-13-19(25)23-24-20(26)18-11-15-5-3-1-2-4-6-17(15)27-18/h7-11,22H,1-6,13H2,(H,23,25)(H,24,26). The largest absolute Gasteiger partial charge is 0.376 e. The summed E-state index contributed by atoms with van der Waals surface area (Å²) in [7, 11) is 0. The highest BCUT2D eigenvalue weighted by Crippen LogP contribution is 2.28. The molecule has 27 heavy (non-hydrogen) atoms. The summed E-state index contributed by atoms with van der Waals surface area (Å²) in [4.78, 5) is 26.2. The van der Waals surface area contributed by atoms with Gasteiger partial charge in [-0.2, -0.15) is 5.26 Å². The number of nitrogens with zero attached hydrogens (tertiary/aromatic N) is 1. The summed E-state index contributed by atoms with van der Waals surface area (Å²) in [5.74, 6) is -0.624. The van der Waals surface area contributed by atoms with Crippen LogP contribution in [0.5, 0.6) is 0 Å². The van der Waals surface area contributed by atoms with Crippen LogP contribution in [-0.2, 0) is 17.6 Å². The van der Waals surface area contributed by atoms with Gasteiger partial charge in [0.1, 0.15) is 0 Å². The number of rotatable bonds is 4. The number of hydrogen-bond donors (Lipinski definition) is 3. The van der Waals surface area contributed by atoms with Crippen LogP contribution in [-0.4, -0.2) is 18.4 Å². The molecule has 0 unspecified atom stereocenters. The summed E-state index contributed by atoms with van der Waals surface area (Å²) in [5.41, 5.74) is 7.48. The monoisotopic (exact) mass is 382 g/mol. The molecule has 0 saturated carbocycles. The molecule has 0 radical (unpaired) electrons. The van der Waals surface area contributed by atoms with E-state index in [1.807, 2.05) is 12.1 Å². The molecule has 2 amide bonds. The predicted octanol–water partition coefficient (Wildman–Crippen LogP) is 3.15. The molecule has 1 aromatic carbocycles. The van der Waals surface area contributed by atoms with Gasteiger partial charge in [-0.1, -0.05) is 12.8 Å². The quantitative estimate of drug-likeness (QED) is 0.708. The van der Waals surface area contributed by atoms with Crippen LogP contribution in [0.2, 0.25) is 0 Å². The zero-order chi connectivity index (χ0) is 19.1. The maximum absolute atomic E-state index is 12.3. The van der Waals surface area contributed by atoms with Gasteiger partial charge in [-0.25, -0.2) is 0 Å². The van der Waals surface area contributed by atoms with Crippen molar-refractivity contribution < 1.29 is 9.59 Å². The Hall–Kier alpha value is -2.85. The Bertz CT molecular complexity index is 826. The number of nitriles is 1. The number of amides is 2. The van der Waals surface area contributed by atoms with E-state index in [0.29, 0.717) is 10.4 Å². The lowest BCUT2D eigenvalue weighted by atomic mass is 10.00. The van der Waals surface area contributed by atoms with Crippen LogP contribution in [0.15, 0.2) is 30.3 Å². The number of benzene rings is 1.